The Kier molecular flexibility index (Phi) is 8.67. The SMILES string of the molecule is COC1CCN(c2cnc(-c3cc4cnn(C)c4cc3F)cc2Cn2cnc3c(NP(=O)(O)OC)ncnc32)C[C@@]1(N)[C@@H](O)C(F)F. The third-order valence-electron chi connectivity index (χ3n) is 8.45. The number of aliphatic hydroxyl groups excluding tert-OH is 1. The number of halogens is 3. The molecular weight excluding hydrogens is 644 g/mol. The standard InChI is InChI=1S/C28H32F3N10O5P/c1-39-20-8-18(29)17(6-15(20)9-37-39)19-7-16(11-41-14-36-23-26(34-13-35-27(23)41)38-47(43,44)46-3)21(10-33-19)40-5-4-22(45-2)28(32,12-40)24(42)25(30)31/h6-10,13-14,22,24-25,42H,4-5,11-12,32H2,1-3H3,(H2,34,35,38,43,44)/t22?,24-,28-/m0/s1. The van der Waals surface area contributed by atoms with Gasteiger partial charge in [0.2, 0.25) is 0 Å². The third-order valence-corrected chi connectivity index (χ3v) is 9.44. The van der Waals surface area contributed by atoms with Crippen LogP contribution in [0.15, 0.2) is 43.2 Å². The van der Waals surface area contributed by atoms with Gasteiger partial charge < -0.3 is 29.9 Å². The van der Waals surface area contributed by atoms with E-state index in [1.165, 1.54) is 32.0 Å². The third kappa shape index (κ3) is 6.03. The summed E-state index contributed by atoms with van der Waals surface area (Å²) in [5.74, 6) is -0.572. The fourth-order valence-electron chi connectivity index (χ4n) is 5.97. The molecule has 4 aromatic heterocycles. The van der Waals surface area contributed by atoms with Gasteiger partial charge in [-0.2, -0.15) is 5.10 Å². The molecule has 1 aromatic carbocycles. The van der Waals surface area contributed by atoms with Crippen LogP contribution in [0.2, 0.25) is 0 Å². The minimum atomic E-state index is -4.22. The quantitative estimate of drug-likeness (QED) is 0.158. The van der Waals surface area contributed by atoms with Gasteiger partial charge in [-0.25, -0.2) is 32.7 Å². The molecular formula is C28H32F3N10O5P. The Morgan fingerprint density at radius 1 is 1.19 bits per heavy atom. The normalized spacial score (nSPS) is 20.6. The van der Waals surface area contributed by atoms with E-state index in [4.69, 9.17) is 10.5 Å². The summed E-state index contributed by atoms with van der Waals surface area (Å²) in [5.41, 5.74) is 7.20. The summed E-state index contributed by atoms with van der Waals surface area (Å²) in [6.07, 6.45) is -0.190. The molecule has 0 saturated carbocycles. The number of fused-ring (bicyclic) bond motifs is 2. The first-order valence-corrected chi connectivity index (χ1v) is 15.9. The predicted molar refractivity (Wildman–Crippen MR) is 165 cm³/mol. The monoisotopic (exact) mass is 676 g/mol. The molecule has 5 heterocycles. The van der Waals surface area contributed by atoms with Crippen LogP contribution in [0.25, 0.3) is 33.3 Å². The lowest BCUT2D eigenvalue weighted by Crippen LogP contribution is -2.70. The fourth-order valence-corrected chi connectivity index (χ4v) is 6.50. The largest absolute Gasteiger partial charge is 0.431 e. The summed E-state index contributed by atoms with van der Waals surface area (Å²) in [5, 5.41) is 17.7. The van der Waals surface area contributed by atoms with Crippen LogP contribution >= 0.6 is 7.75 Å². The fraction of sp³-hybridized carbons (Fsp3) is 0.393. The molecule has 5 aromatic rings. The Hall–Kier alpha value is -4.19. The zero-order valence-corrected chi connectivity index (χ0v) is 26.4. The molecule has 0 radical (unpaired) electrons. The Morgan fingerprint density at radius 2 is 1.98 bits per heavy atom. The van der Waals surface area contributed by atoms with Crippen LogP contribution < -0.4 is 15.7 Å². The van der Waals surface area contributed by atoms with Crippen LogP contribution in [-0.4, -0.2) is 95.8 Å². The highest BCUT2D eigenvalue weighted by atomic mass is 31.2. The Bertz CT molecular complexity index is 1990. The Balaban J connectivity index is 1.45. The number of pyridine rings is 1. The summed E-state index contributed by atoms with van der Waals surface area (Å²) < 4.78 is 68.5. The molecule has 1 fully saturated rings. The Labute approximate surface area is 265 Å². The number of hydrogen-bond acceptors (Lipinski definition) is 11. The van der Waals surface area contributed by atoms with Gasteiger partial charge in [0.15, 0.2) is 17.0 Å². The van der Waals surface area contributed by atoms with Gasteiger partial charge in [0.25, 0.3) is 6.43 Å². The molecule has 0 aliphatic carbocycles. The molecule has 0 bridgehead atoms. The highest BCUT2D eigenvalue weighted by molar-refractivity contribution is 7.54. The lowest BCUT2D eigenvalue weighted by molar-refractivity contribution is -0.102. The van der Waals surface area contributed by atoms with Crippen LogP contribution in [0.4, 0.5) is 24.7 Å². The highest BCUT2D eigenvalue weighted by Crippen LogP contribution is 2.41. The van der Waals surface area contributed by atoms with Crippen molar-refractivity contribution in [3.8, 4) is 11.3 Å². The van der Waals surface area contributed by atoms with Gasteiger partial charge in [0.1, 0.15) is 18.2 Å². The van der Waals surface area contributed by atoms with Crippen molar-refractivity contribution in [2.75, 3.05) is 37.3 Å². The van der Waals surface area contributed by atoms with E-state index in [1.807, 2.05) is 0 Å². The van der Waals surface area contributed by atoms with Gasteiger partial charge in [0, 0.05) is 51.4 Å². The second kappa shape index (κ2) is 12.4. The van der Waals surface area contributed by atoms with Crippen molar-refractivity contribution in [3.63, 3.8) is 0 Å². The van der Waals surface area contributed by atoms with Crippen molar-refractivity contribution in [1.82, 2.24) is 34.3 Å². The highest BCUT2D eigenvalue weighted by Gasteiger charge is 2.50. The van der Waals surface area contributed by atoms with E-state index in [0.29, 0.717) is 28.7 Å². The van der Waals surface area contributed by atoms with Crippen molar-refractivity contribution in [2.24, 2.45) is 12.8 Å². The van der Waals surface area contributed by atoms with E-state index in [0.717, 1.165) is 7.11 Å². The number of ether oxygens (including phenoxy) is 1. The maximum atomic E-state index is 15.5. The molecule has 0 amide bonds. The van der Waals surface area contributed by atoms with E-state index in [2.05, 4.69) is 34.6 Å². The van der Waals surface area contributed by atoms with Gasteiger partial charge in [-0.05, 0) is 24.1 Å². The molecule has 1 saturated heterocycles. The summed E-state index contributed by atoms with van der Waals surface area (Å²) in [6, 6.07) is 4.67. The first-order chi connectivity index (χ1) is 22.3. The Morgan fingerprint density at radius 3 is 2.70 bits per heavy atom. The number of aromatic nitrogens is 7. The second-order valence-electron chi connectivity index (χ2n) is 11.3. The van der Waals surface area contributed by atoms with Crippen molar-refractivity contribution in [3.05, 3.63) is 54.6 Å². The number of nitrogens with two attached hydrogens (primary N) is 1. The van der Waals surface area contributed by atoms with Crippen molar-refractivity contribution in [2.45, 2.75) is 37.1 Å². The number of aliphatic hydroxyl groups is 1. The molecule has 1 aliphatic rings. The lowest BCUT2D eigenvalue weighted by Gasteiger charge is -2.48. The maximum Gasteiger partial charge on any atom is 0.431 e. The number of methoxy groups -OCH3 is 1. The van der Waals surface area contributed by atoms with Crippen LogP contribution in [0.5, 0.6) is 0 Å². The first-order valence-electron chi connectivity index (χ1n) is 14.3. The zero-order valence-electron chi connectivity index (χ0n) is 25.5. The van der Waals surface area contributed by atoms with E-state index in [-0.39, 0.29) is 47.7 Å². The minimum Gasteiger partial charge on any atom is -0.385 e. The summed E-state index contributed by atoms with van der Waals surface area (Å²) in [7, 11) is -0.1000. The molecule has 2 unspecified atom stereocenters. The lowest BCUT2D eigenvalue weighted by atomic mass is 9.81. The predicted octanol–water partition coefficient (Wildman–Crippen LogP) is 2.67. The molecule has 19 heteroatoms. The molecule has 4 atom stereocenters. The second-order valence-corrected chi connectivity index (χ2v) is 12.9. The van der Waals surface area contributed by atoms with E-state index >= 15 is 4.39 Å². The van der Waals surface area contributed by atoms with Gasteiger partial charge >= 0.3 is 7.75 Å². The average Bonchev–Trinajstić information content (AvgIpc) is 3.63. The molecule has 0 spiro atoms. The van der Waals surface area contributed by atoms with Gasteiger partial charge in [-0.1, -0.05) is 0 Å². The van der Waals surface area contributed by atoms with Crippen molar-refractivity contribution >= 4 is 41.3 Å². The number of anilines is 2. The summed E-state index contributed by atoms with van der Waals surface area (Å²) in [4.78, 5) is 28.9. The average molecular weight is 677 g/mol. The molecule has 6 rings (SSSR count). The smallest absolute Gasteiger partial charge is 0.385 e. The molecule has 47 heavy (non-hydrogen) atoms. The molecule has 1 aliphatic heterocycles. The van der Waals surface area contributed by atoms with Crippen molar-refractivity contribution < 1.29 is 37.0 Å². The van der Waals surface area contributed by atoms with Crippen LogP contribution in [0, 0.1) is 5.82 Å². The topological polar surface area (TPSA) is 192 Å². The summed E-state index contributed by atoms with van der Waals surface area (Å²) in [6.45, 7) is 0.181. The molecule has 5 N–H and O–H groups in total. The number of benzene rings is 1. The van der Waals surface area contributed by atoms with E-state index in [9.17, 15) is 23.3 Å². The number of aryl methyl sites for hydroxylation is 1. The minimum absolute atomic E-state index is 0.0422. The van der Waals surface area contributed by atoms with Crippen molar-refractivity contribution in [1.29, 1.82) is 0 Å². The number of nitrogens with one attached hydrogen (secondary N) is 1. The van der Waals surface area contributed by atoms with Gasteiger partial charge in [0.05, 0.1) is 53.8 Å². The number of alkyl halides is 2. The van der Waals surface area contributed by atoms with Crippen LogP contribution in [0.1, 0.15) is 12.0 Å². The number of imidazole rings is 1. The van der Waals surface area contributed by atoms with Crippen LogP contribution in [-0.2, 0) is 27.4 Å². The number of nitrogens with zero attached hydrogens (tertiary/aromatic N) is 8. The molecule has 250 valence electrons. The van der Waals surface area contributed by atoms with E-state index < -0.39 is 37.7 Å². The van der Waals surface area contributed by atoms with Gasteiger partial charge in [-0.15, -0.1) is 0 Å². The number of hydrogen-bond donors (Lipinski definition) is 4. The summed E-state index contributed by atoms with van der Waals surface area (Å²) >= 11 is 0. The van der Waals surface area contributed by atoms with Gasteiger partial charge in [-0.3, -0.25) is 19.3 Å². The first kappa shape index (κ1) is 32.7. The number of rotatable bonds is 10. The number of piperidine rings is 1. The van der Waals surface area contributed by atoms with Crippen LogP contribution in [0.3, 0.4) is 0 Å². The zero-order chi connectivity index (χ0) is 33.7. The maximum absolute atomic E-state index is 15.5. The van der Waals surface area contributed by atoms with E-state index in [1.54, 1.807) is 39.5 Å². The molecule has 15 nitrogen and oxygen atoms in total.